The maximum absolute atomic E-state index is 11.3. The van der Waals surface area contributed by atoms with Crippen molar-refractivity contribution in [3.05, 3.63) is 29.8 Å². The van der Waals surface area contributed by atoms with Gasteiger partial charge in [0.15, 0.2) is 0 Å². The number of Topliss-reactive ketones (excluding diaryl/α,β-unsaturated/α-hetero) is 1. The van der Waals surface area contributed by atoms with Crippen LogP contribution in [-0.4, -0.2) is 36.7 Å². The molecule has 18 heavy (non-hydrogen) atoms. The fraction of sp³-hybridized carbons (Fsp3) is 0.385. The fourth-order valence-corrected chi connectivity index (χ4v) is 2.02. The summed E-state index contributed by atoms with van der Waals surface area (Å²) in [5.41, 5.74) is 1.26. The van der Waals surface area contributed by atoms with Crippen LogP contribution < -0.4 is 4.90 Å². The number of piperidine rings is 1. The lowest BCUT2D eigenvalue weighted by Crippen LogP contribution is -2.42. The quantitative estimate of drug-likeness (QED) is 0.791. The van der Waals surface area contributed by atoms with Gasteiger partial charge in [-0.25, -0.2) is 4.79 Å². The molecule has 0 aliphatic carbocycles. The molecule has 0 bridgehead atoms. The fourth-order valence-electron chi connectivity index (χ4n) is 2.02. The summed E-state index contributed by atoms with van der Waals surface area (Å²) in [6.07, 6.45) is -0.190. The molecule has 1 aromatic rings. The van der Waals surface area contributed by atoms with E-state index in [1.165, 1.54) is 7.11 Å². The minimum atomic E-state index is -0.782. The highest BCUT2D eigenvalue weighted by molar-refractivity contribution is 5.89. The van der Waals surface area contributed by atoms with Crippen molar-refractivity contribution in [1.82, 2.24) is 0 Å². The molecule has 0 aromatic heterocycles. The number of aliphatic hydroxyl groups excluding tert-OH is 1. The molecule has 1 saturated heterocycles. The molecule has 1 aliphatic rings. The number of ketones is 1. The predicted octanol–water partition coefficient (Wildman–Crippen LogP) is 0.961. The summed E-state index contributed by atoms with van der Waals surface area (Å²) >= 11 is 0. The Hall–Kier alpha value is -1.88. The summed E-state index contributed by atoms with van der Waals surface area (Å²) < 4.78 is 4.61. The Bertz CT molecular complexity index is 455. The maximum Gasteiger partial charge on any atom is 0.337 e. The summed E-state index contributed by atoms with van der Waals surface area (Å²) in [4.78, 5) is 24.2. The summed E-state index contributed by atoms with van der Waals surface area (Å²) in [5, 5.41) is 9.83. The molecule has 5 heteroatoms. The lowest BCUT2D eigenvalue weighted by atomic mass is 10.1. The molecular weight excluding hydrogens is 234 g/mol. The smallest absolute Gasteiger partial charge is 0.337 e. The zero-order valence-electron chi connectivity index (χ0n) is 10.1. The van der Waals surface area contributed by atoms with Gasteiger partial charge in [-0.05, 0) is 24.3 Å². The van der Waals surface area contributed by atoms with E-state index in [-0.39, 0.29) is 12.2 Å². The predicted molar refractivity (Wildman–Crippen MR) is 65.4 cm³/mol. The second kappa shape index (κ2) is 5.18. The van der Waals surface area contributed by atoms with E-state index >= 15 is 0 Å². The van der Waals surface area contributed by atoms with E-state index in [9.17, 15) is 14.7 Å². The Balaban J connectivity index is 2.14. The highest BCUT2D eigenvalue weighted by atomic mass is 16.5. The van der Waals surface area contributed by atoms with Crippen molar-refractivity contribution >= 4 is 17.4 Å². The van der Waals surface area contributed by atoms with Crippen molar-refractivity contribution in [3.63, 3.8) is 0 Å². The normalized spacial score (nSPS) is 19.8. The highest BCUT2D eigenvalue weighted by Crippen LogP contribution is 2.22. The van der Waals surface area contributed by atoms with E-state index in [0.29, 0.717) is 18.5 Å². The van der Waals surface area contributed by atoms with Crippen LogP contribution in [-0.2, 0) is 9.53 Å². The molecule has 0 radical (unpaired) electrons. The average Bonchev–Trinajstić information content (AvgIpc) is 2.38. The third kappa shape index (κ3) is 2.51. The van der Waals surface area contributed by atoms with Gasteiger partial charge in [0.25, 0.3) is 0 Å². The number of carbonyl (C=O) groups is 2. The first-order valence-electron chi connectivity index (χ1n) is 5.76. The number of carbonyl (C=O) groups excluding carboxylic acids is 2. The van der Waals surface area contributed by atoms with Crippen LogP contribution in [0.25, 0.3) is 0 Å². The molecule has 1 atom stereocenters. The number of nitrogens with zero attached hydrogens (tertiary/aromatic N) is 1. The summed E-state index contributed by atoms with van der Waals surface area (Å²) in [6.45, 7) is 0.498. The van der Waals surface area contributed by atoms with Gasteiger partial charge in [-0.2, -0.15) is 0 Å². The monoisotopic (exact) mass is 249 g/mol. The topological polar surface area (TPSA) is 66.8 Å². The summed E-state index contributed by atoms with van der Waals surface area (Å²) in [6, 6.07) is 6.77. The first-order valence-corrected chi connectivity index (χ1v) is 5.76. The average molecular weight is 249 g/mol. The van der Waals surface area contributed by atoms with E-state index in [1.807, 2.05) is 0 Å². The molecule has 0 amide bonds. The molecule has 96 valence electrons. The zero-order chi connectivity index (χ0) is 13.1. The van der Waals surface area contributed by atoms with Gasteiger partial charge in [-0.1, -0.05) is 0 Å². The first-order chi connectivity index (χ1) is 8.61. The van der Waals surface area contributed by atoms with Gasteiger partial charge in [0.1, 0.15) is 12.0 Å². The molecular formula is C13H15NO4. The Morgan fingerprint density at radius 3 is 2.61 bits per heavy atom. The molecule has 0 saturated carbocycles. The molecule has 1 fully saturated rings. The van der Waals surface area contributed by atoms with Crippen molar-refractivity contribution in [2.75, 3.05) is 18.6 Å². The van der Waals surface area contributed by atoms with Crippen LogP contribution in [0.15, 0.2) is 24.3 Å². The number of hydrogen-bond acceptors (Lipinski definition) is 5. The van der Waals surface area contributed by atoms with Crippen molar-refractivity contribution in [3.8, 4) is 0 Å². The first kappa shape index (κ1) is 12.6. The lowest BCUT2D eigenvalue weighted by molar-refractivity contribution is -0.122. The second-order valence-electron chi connectivity index (χ2n) is 4.21. The van der Waals surface area contributed by atoms with Gasteiger partial charge in [0.05, 0.1) is 19.1 Å². The van der Waals surface area contributed by atoms with E-state index in [4.69, 9.17) is 0 Å². The Labute approximate surface area is 105 Å². The number of rotatable bonds is 2. The molecule has 1 unspecified atom stereocenters. The van der Waals surface area contributed by atoms with Gasteiger partial charge in [-0.3, -0.25) is 4.79 Å². The number of benzene rings is 1. The molecule has 2 rings (SSSR count). The third-order valence-corrected chi connectivity index (χ3v) is 3.02. The third-order valence-electron chi connectivity index (χ3n) is 3.02. The molecule has 1 aromatic carbocycles. The molecule has 1 N–H and O–H groups in total. The Morgan fingerprint density at radius 1 is 1.39 bits per heavy atom. The van der Waals surface area contributed by atoms with Crippen LogP contribution in [0.4, 0.5) is 5.69 Å². The van der Waals surface area contributed by atoms with Gasteiger partial charge in [0, 0.05) is 18.7 Å². The second-order valence-corrected chi connectivity index (χ2v) is 4.21. The van der Waals surface area contributed by atoms with Crippen molar-refractivity contribution in [2.45, 2.75) is 19.1 Å². The molecule has 0 spiro atoms. The highest BCUT2D eigenvalue weighted by Gasteiger charge is 2.25. The zero-order valence-corrected chi connectivity index (χ0v) is 10.1. The van der Waals surface area contributed by atoms with E-state index < -0.39 is 12.2 Å². The van der Waals surface area contributed by atoms with Crippen LogP contribution in [0.2, 0.25) is 0 Å². The standard InChI is InChI=1S/C13H15NO4/c1-18-13(17)9-2-4-10(5-3-9)14-7-6-11(15)8-12(14)16/h2-5,12,16H,6-8H2,1H3. The summed E-state index contributed by atoms with van der Waals surface area (Å²) in [7, 11) is 1.33. The maximum atomic E-state index is 11.3. The molecule has 1 aliphatic heterocycles. The lowest BCUT2D eigenvalue weighted by Gasteiger charge is -2.33. The van der Waals surface area contributed by atoms with Gasteiger partial charge >= 0.3 is 5.97 Å². The number of ether oxygens (including phenoxy) is 1. The van der Waals surface area contributed by atoms with Crippen molar-refractivity contribution in [2.24, 2.45) is 0 Å². The molecule has 1 heterocycles. The van der Waals surface area contributed by atoms with Crippen molar-refractivity contribution in [1.29, 1.82) is 0 Å². The Kier molecular flexibility index (Phi) is 3.62. The number of esters is 1. The van der Waals surface area contributed by atoms with Gasteiger partial charge < -0.3 is 14.7 Å². The van der Waals surface area contributed by atoms with E-state index in [2.05, 4.69) is 4.74 Å². The van der Waals surface area contributed by atoms with Crippen LogP contribution >= 0.6 is 0 Å². The SMILES string of the molecule is COC(=O)c1ccc(N2CCC(=O)CC2O)cc1. The summed E-state index contributed by atoms with van der Waals surface area (Å²) in [5.74, 6) is -0.319. The number of methoxy groups -OCH3 is 1. The minimum Gasteiger partial charge on any atom is -0.465 e. The van der Waals surface area contributed by atoms with E-state index in [0.717, 1.165) is 5.69 Å². The van der Waals surface area contributed by atoms with Gasteiger partial charge in [0.2, 0.25) is 0 Å². The Morgan fingerprint density at radius 2 is 2.06 bits per heavy atom. The van der Waals surface area contributed by atoms with E-state index in [1.54, 1.807) is 29.2 Å². The van der Waals surface area contributed by atoms with Crippen LogP contribution in [0, 0.1) is 0 Å². The van der Waals surface area contributed by atoms with Gasteiger partial charge in [-0.15, -0.1) is 0 Å². The molecule has 5 nitrogen and oxygen atoms in total. The largest absolute Gasteiger partial charge is 0.465 e. The number of aliphatic hydroxyl groups is 1. The van der Waals surface area contributed by atoms with Crippen molar-refractivity contribution < 1.29 is 19.4 Å². The number of hydrogen-bond donors (Lipinski definition) is 1. The minimum absolute atomic E-state index is 0.0740. The van der Waals surface area contributed by atoms with Crippen LogP contribution in [0.3, 0.4) is 0 Å². The van der Waals surface area contributed by atoms with Crippen LogP contribution in [0.1, 0.15) is 23.2 Å². The van der Waals surface area contributed by atoms with Crippen LogP contribution in [0.5, 0.6) is 0 Å². The number of anilines is 1.